The van der Waals surface area contributed by atoms with Gasteiger partial charge in [-0.3, -0.25) is 9.59 Å². The van der Waals surface area contributed by atoms with Crippen molar-refractivity contribution in [3.63, 3.8) is 0 Å². The van der Waals surface area contributed by atoms with Gasteiger partial charge in [0.1, 0.15) is 0 Å². The topological polar surface area (TPSA) is 63.6 Å². The van der Waals surface area contributed by atoms with E-state index in [0.717, 1.165) is 12.8 Å². The minimum absolute atomic E-state index is 0.237. The number of carbonyl (C=O) groups is 2. The summed E-state index contributed by atoms with van der Waals surface area (Å²) in [7, 11) is 0. The highest BCUT2D eigenvalue weighted by molar-refractivity contribution is 9.09. The fraction of sp³-hybridized carbons (Fsp3) is 0.857. The molecule has 1 atom stereocenters. The van der Waals surface area contributed by atoms with Gasteiger partial charge in [-0.1, -0.05) is 45.2 Å². The van der Waals surface area contributed by atoms with Crippen molar-refractivity contribution in [2.24, 2.45) is 5.41 Å². The highest BCUT2D eigenvalue weighted by Crippen LogP contribution is 2.33. The highest BCUT2D eigenvalue weighted by atomic mass is 79.9. The van der Waals surface area contributed by atoms with E-state index in [9.17, 15) is 14.7 Å². The van der Waals surface area contributed by atoms with E-state index >= 15 is 0 Å². The van der Waals surface area contributed by atoms with Crippen LogP contribution in [0.25, 0.3) is 0 Å². The summed E-state index contributed by atoms with van der Waals surface area (Å²) >= 11 is 6.58. The Bertz CT molecular complexity index is 300. The second-order valence-electron chi connectivity index (χ2n) is 4.98. The Balaban J connectivity index is 5.03. The van der Waals surface area contributed by atoms with Crippen LogP contribution in [-0.4, -0.2) is 33.8 Å². The van der Waals surface area contributed by atoms with Crippen molar-refractivity contribution in [3.8, 4) is 0 Å². The van der Waals surface area contributed by atoms with E-state index in [1.807, 2.05) is 13.8 Å². The lowest BCUT2D eigenvalue weighted by atomic mass is 9.79. The smallest absolute Gasteiger partial charge is 0.323 e. The molecule has 118 valence electrons. The Morgan fingerprint density at radius 1 is 1.20 bits per heavy atom. The molecule has 1 unspecified atom stereocenters. The van der Waals surface area contributed by atoms with Gasteiger partial charge in [-0.25, -0.2) is 0 Å². The van der Waals surface area contributed by atoms with Crippen molar-refractivity contribution < 1.29 is 19.4 Å². The molecule has 0 aromatic carbocycles. The Hall–Kier alpha value is -0.100. The maximum absolute atomic E-state index is 12.4. The van der Waals surface area contributed by atoms with Crippen LogP contribution in [0.1, 0.15) is 52.4 Å². The van der Waals surface area contributed by atoms with Crippen molar-refractivity contribution in [1.82, 2.24) is 0 Å². The molecule has 0 radical (unpaired) electrons. The molecule has 0 rings (SSSR count). The normalized spacial score (nSPS) is 13.0. The van der Waals surface area contributed by atoms with E-state index in [-0.39, 0.29) is 6.10 Å². The largest absolute Gasteiger partial charge is 0.480 e. The summed E-state index contributed by atoms with van der Waals surface area (Å²) in [4.78, 5) is 24.1. The average molecular weight is 416 g/mol. The molecule has 0 aliphatic carbocycles. The molecule has 6 heteroatoms. The molecule has 0 saturated heterocycles. The van der Waals surface area contributed by atoms with Gasteiger partial charge in [0.2, 0.25) is 0 Å². The second-order valence-corrected chi connectivity index (χ2v) is 6.56. The summed E-state index contributed by atoms with van der Waals surface area (Å²) in [6.45, 7) is 3.81. The number of carboxylic acids is 1. The van der Waals surface area contributed by atoms with Crippen LogP contribution >= 0.6 is 31.9 Å². The van der Waals surface area contributed by atoms with E-state index in [2.05, 4.69) is 31.9 Å². The van der Waals surface area contributed by atoms with Gasteiger partial charge >= 0.3 is 11.9 Å². The van der Waals surface area contributed by atoms with Gasteiger partial charge in [0.15, 0.2) is 5.41 Å². The first-order valence-electron chi connectivity index (χ1n) is 7.01. The van der Waals surface area contributed by atoms with Gasteiger partial charge in [-0.2, -0.15) is 0 Å². The third-order valence-corrected chi connectivity index (χ3v) is 4.40. The van der Waals surface area contributed by atoms with Crippen LogP contribution in [0.5, 0.6) is 0 Å². The Labute approximate surface area is 137 Å². The van der Waals surface area contributed by atoms with E-state index in [0.29, 0.717) is 36.3 Å². The lowest BCUT2D eigenvalue weighted by Crippen LogP contribution is -2.42. The SMILES string of the molecule is CCCC(C)OC(=O)C(CCCBr)(CCCBr)C(=O)O. The van der Waals surface area contributed by atoms with Gasteiger partial charge < -0.3 is 9.84 Å². The Morgan fingerprint density at radius 3 is 2.05 bits per heavy atom. The van der Waals surface area contributed by atoms with Crippen LogP contribution in [0.3, 0.4) is 0 Å². The van der Waals surface area contributed by atoms with Crippen molar-refractivity contribution >= 4 is 43.8 Å². The molecule has 0 amide bonds. The van der Waals surface area contributed by atoms with E-state index < -0.39 is 17.4 Å². The maximum Gasteiger partial charge on any atom is 0.323 e. The van der Waals surface area contributed by atoms with Crippen molar-refractivity contribution in [3.05, 3.63) is 0 Å². The first-order chi connectivity index (χ1) is 9.44. The number of alkyl halides is 2. The summed E-state index contributed by atoms with van der Waals surface area (Å²) in [5, 5.41) is 10.9. The Morgan fingerprint density at radius 2 is 1.70 bits per heavy atom. The van der Waals surface area contributed by atoms with Crippen LogP contribution in [0.15, 0.2) is 0 Å². The molecule has 0 aromatic rings. The molecule has 0 saturated carbocycles. The molecule has 0 bridgehead atoms. The minimum atomic E-state index is -1.41. The van der Waals surface area contributed by atoms with Gasteiger partial charge in [0, 0.05) is 10.7 Å². The quantitative estimate of drug-likeness (QED) is 0.313. The van der Waals surface area contributed by atoms with E-state index in [1.54, 1.807) is 0 Å². The van der Waals surface area contributed by atoms with Crippen molar-refractivity contribution in [1.29, 1.82) is 0 Å². The minimum Gasteiger partial charge on any atom is -0.480 e. The lowest BCUT2D eigenvalue weighted by molar-refractivity contribution is -0.173. The molecule has 0 heterocycles. The van der Waals surface area contributed by atoms with Crippen LogP contribution in [0, 0.1) is 5.41 Å². The molecule has 0 aliphatic heterocycles. The number of aliphatic carboxylic acids is 1. The van der Waals surface area contributed by atoms with Crippen LogP contribution in [-0.2, 0) is 14.3 Å². The standard InChI is InChI=1S/C14H24Br2O4/c1-3-6-11(2)20-13(19)14(12(17)18,7-4-9-15)8-5-10-16/h11H,3-10H2,1-2H3,(H,17,18). The second kappa shape index (κ2) is 10.6. The highest BCUT2D eigenvalue weighted by Gasteiger charge is 2.47. The van der Waals surface area contributed by atoms with Gasteiger partial charge in [0.05, 0.1) is 6.10 Å². The van der Waals surface area contributed by atoms with Crippen LogP contribution in [0.4, 0.5) is 0 Å². The van der Waals surface area contributed by atoms with Gasteiger partial charge in [-0.05, 0) is 39.0 Å². The first-order valence-corrected chi connectivity index (χ1v) is 9.25. The summed E-state index contributed by atoms with van der Waals surface area (Å²) < 4.78 is 5.36. The number of carboxylic acid groups (broad SMARTS) is 1. The van der Waals surface area contributed by atoms with Gasteiger partial charge in [0.25, 0.3) is 0 Å². The van der Waals surface area contributed by atoms with E-state index in [1.165, 1.54) is 0 Å². The third kappa shape index (κ3) is 6.12. The lowest BCUT2D eigenvalue weighted by Gasteiger charge is -2.28. The molecule has 20 heavy (non-hydrogen) atoms. The molecule has 1 N–H and O–H groups in total. The molecule has 0 spiro atoms. The van der Waals surface area contributed by atoms with Crippen molar-refractivity contribution in [2.45, 2.75) is 58.5 Å². The van der Waals surface area contributed by atoms with Crippen LogP contribution in [0.2, 0.25) is 0 Å². The summed E-state index contributed by atoms with van der Waals surface area (Å²) in [6, 6.07) is 0. The number of hydrogen-bond donors (Lipinski definition) is 1. The monoisotopic (exact) mass is 414 g/mol. The molecule has 0 fully saturated rings. The number of rotatable bonds is 11. The zero-order valence-corrected chi connectivity index (χ0v) is 15.3. The summed E-state index contributed by atoms with van der Waals surface area (Å²) in [5.41, 5.74) is -1.41. The zero-order valence-electron chi connectivity index (χ0n) is 12.2. The predicted molar refractivity (Wildman–Crippen MR) is 86.6 cm³/mol. The molecule has 0 aromatic heterocycles. The molecule has 0 aliphatic rings. The number of esters is 1. The van der Waals surface area contributed by atoms with Gasteiger partial charge in [-0.15, -0.1) is 0 Å². The molecular formula is C14H24Br2O4. The number of halogens is 2. The van der Waals surface area contributed by atoms with Crippen LogP contribution < -0.4 is 0 Å². The fourth-order valence-electron chi connectivity index (χ4n) is 2.13. The number of hydrogen-bond acceptors (Lipinski definition) is 3. The summed E-state index contributed by atoms with van der Waals surface area (Å²) in [6.07, 6.45) is 3.28. The molecule has 4 nitrogen and oxygen atoms in total. The summed E-state index contributed by atoms with van der Waals surface area (Å²) in [5.74, 6) is -1.67. The fourth-order valence-corrected chi connectivity index (χ4v) is 2.69. The number of ether oxygens (including phenoxy) is 1. The van der Waals surface area contributed by atoms with Crippen molar-refractivity contribution in [2.75, 3.05) is 10.7 Å². The Kier molecular flexibility index (Phi) is 10.5. The maximum atomic E-state index is 12.4. The third-order valence-electron chi connectivity index (χ3n) is 3.28. The van der Waals surface area contributed by atoms with E-state index in [4.69, 9.17) is 4.74 Å². The number of carbonyl (C=O) groups excluding carboxylic acids is 1. The molecular weight excluding hydrogens is 392 g/mol. The average Bonchev–Trinajstić information content (AvgIpc) is 2.39. The predicted octanol–water partition coefficient (Wildman–Crippen LogP) is 4.14. The first kappa shape index (κ1) is 19.9. The zero-order chi connectivity index (χ0) is 15.6.